The van der Waals surface area contributed by atoms with Crippen LogP contribution in [0.5, 0.6) is 5.75 Å². The van der Waals surface area contributed by atoms with Crippen LogP contribution >= 0.6 is 0 Å². The lowest BCUT2D eigenvalue weighted by molar-refractivity contribution is -0.274. The van der Waals surface area contributed by atoms with Gasteiger partial charge in [-0.05, 0) is 37.3 Å². The number of ether oxygens (including phenoxy) is 1. The number of nitrogen functional groups attached to an aromatic ring is 1. The molecule has 0 radical (unpaired) electrons. The zero-order chi connectivity index (χ0) is 21.8. The number of carbonyl (C=O) groups excluding carboxylic acids is 1. The summed E-state index contributed by atoms with van der Waals surface area (Å²) in [4.78, 5) is 15.1. The first-order valence-corrected chi connectivity index (χ1v) is 9.67. The van der Waals surface area contributed by atoms with Crippen LogP contribution in [-0.4, -0.2) is 43.4 Å². The summed E-state index contributed by atoms with van der Waals surface area (Å²) in [6, 6.07) is 4.78. The molecule has 2 rings (SSSR count). The predicted octanol–water partition coefficient (Wildman–Crippen LogP) is 1.43. The minimum atomic E-state index is -4.89. The fraction of sp³-hybridized carbons (Fsp3) is 0.294. The van der Waals surface area contributed by atoms with E-state index < -0.39 is 34.0 Å². The van der Waals surface area contributed by atoms with E-state index in [1.54, 1.807) is 0 Å². The van der Waals surface area contributed by atoms with E-state index in [0.717, 1.165) is 36.5 Å². The van der Waals surface area contributed by atoms with Gasteiger partial charge in [0.25, 0.3) is 0 Å². The Morgan fingerprint density at radius 2 is 1.90 bits per heavy atom. The number of halogens is 3. The summed E-state index contributed by atoms with van der Waals surface area (Å²) < 4.78 is 65.5. The van der Waals surface area contributed by atoms with E-state index in [4.69, 9.17) is 10.8 Å². The van der Waals surface area contributed by atoms with Gasteiger partial charge in [-0.15, -0.1) is 13.2 Å². The molecular formula is C17H18F3N3O5S. The largest absolute Gasteiger partial charge is 0.573 e. The molecule has 1 atom stereocenters. The third kappa shape index (κ3) is 6.32. The number of aromatic nitrogens is 1. The molecule has 158 valence electrons. The minimum absolute atomic E-state index is 0.0409. The van der Waals surface area contributed by atoms with Crippen LogP contribution < -0.4 is 15.8 Å². The zero-order valence-corrected chi connectivity index (χ0v) is 15.9. The molecule has 0 spiro atoms. The van der Waals surface area contributed by atoms with Gasteiger partial charge >= 0.3 is 6.36 Å². The molecule has 0 bridgehead atoms. The Morgan fingerprint density at radius 1 is 1.28 bits per heavy atom. The van der Waals surface area contributed by atoms with Crippen LogP contribution in [0.3, 0.4) is 0 Å². The summed E-state index contributed by atoms with van der Waals surface area (Å²) >= 11 is 0. The number of hydrogen-bond donors (Lipinski definition) is 3. The second kappa shape index (κ2) is 8.66. The summed E-state index contributed by atoms with van der Waals surface area (Å²) in [6.45, 7) is 1.54. The number of benzene rings is 1. The number of pyridine rings is 1. The van der Waals surface area contributed by atoms with E-state index in [1.807, 2.05) is 0 Å². The smallest absolute Gasteiger partial charge is 0.406 e. The number of rotatable bonds is 7. The Morgan fingerprint density at radius 3 is 2.41 bits per heavy atom. The zero-order valence-electron chi connectivity index (χ0n) is 15.1. The van der Waals surface area contributed by atoms with Crippen LogP contribution in [0, 0.1) is 0 Å². The molecule has 8 nitrogen and oxygen atoms in total. The van der Waals surface area contributed by atoms with E-state index in [0.29, 0.717) is 0 Å². The lowest BCUT2D eigenvalue weighted by Gasteiger charge is -2.11. The molecule has 0 aliphatic carbocycles. The number of alkyl halides is 3. The Hall–Kier alpha value is -2.86. The van der Waals surface area contributed by atoms with E-state index in [2.05, 4.69) is 15.0 Å². The lowest BCUT2D eigenvalue weighted by atomic mass is 10.2. The molecule has 12 heteroatoms. The van der Waals surface area contributed by atoms with Gasteiger partial charge in [-0.2, -0.15) is 0 Å². The predicted molar refractivity (Wildman–Crippen MR) is 95.6 cm³/mol. The monoisotopic (exact) mass is 433 g/mol. The van der Waals surface area contributed by atoms with Crippen molar-refractivity contribution in [2.24, 2.45) is 0 Å². The summed E-state index contributed by atoms with van der Waals surface area (Å²) in [5.74, 6) is -1.02. The molecule has 0 unspecified atom stereocenters. The molecule has 0 aliphatic heterocycles. The maximum atomic E-state index is 12.6. The van der Waals surface area contributed by atoms with Crippen LogP contribution in [-0.2, 0) is 21.1 Å². The van der Waals surface area contributed by atoms with Crippen molar-refractivity contribution in [1.29, 1.82) is 0 Å². The average Bonchev–Trinajstić information content (AvgIpc) is 2.60. The van der Waals surface area contributed by atoms with Gasteiger partial charge in [-0.3, -0.25) is 9.78 Å². The second-order valence-electron chi connectivity index (χ2n) is 6.06. The Bertz CT molecular complexity index is 977. The van der Waals surface area contributed by atoms with Crippen molar-refractivity contribution in [3.05, 3.63) is 42.2 Å². The maximum absolute atomic E-state index is 12.6. The number of carbonyl (C=O) groups is 1. The van der Waals surface area contributed by atoms with Crippen LogP contribution in [0.4, 0.5) is 18.9 Å². The molecule has 2 aromatic rings. The van der Waals surface area contributed by atoms with Crippen LogP contribution in [0.25, 0.3) is 0 Å². The first kappa shape index (κ1) is 22.4. The van der Waals surface area contributed by atoms with Gasteiger partial charge in [-0.25, -0.2) is 8.42 Å². The number of nitrogens with zero attached hydrogens (tertiary/aromatic N) is 1. The van der Waals surface area contributed by atoms with Gasteiger partial charge in [-0.1, -0.05) is 0 Å². The molecule has 1 heterocycles. The maximum Gasteiger partial charge on any atom is 0.573 e. The van der Waals surface area contributed by atoms with E-state index in [-0.39, 0.29) is 34.1 Å². The highest BCUT2D eigenvalue weighted by molar-refractivity contribution is 7.91. The average molecular weight is 433 g/mol. The van der Waals surface area contributed by atoms with Gasteiger partial charge in [0.05, 0.1) is 33.7 Å². The third-order valence-electron chi connectivity index (χ3n) is 3.58. The number of aliphatic hydroxyl groups is 1. The number of sulfone groups is 1. The van der Waals surface area contributed by atoms with Gasteiger partial charge < -0.3 is 20.9 Å². The molecule has 0 aliphatic rings. The van der Waals surface area contributed by atoms with Crippen LogP contribution in [0.2, 0.25) is 0 Å². The van der Waals surface area contributed by atoms with Crippen molar-refractivity contribution in [3.63, 3.8) is 0 Å². The van der Waals surface area contributed by atoms with Gasteiger partial charge in [0.15, 0.2) is 0 Å². The summed E-state index contributed by atoms with van der Waals surface area (Å²) in [5.41, 5.74) is 5.89. The normalized spacial score (nSPS) is 13.0. The summed E-state index contributed by atoms with van der Waals surface area (Å²) in [6.07, 6.45) is -4.84. The number of nitrogens with two attached hydrogens (primary N) is 1. The first-order valence-electron chi connectivity index (χ1n) is 8.18. The highest BCUT2D eigenvalue weighted by Gasteiger charge is 2.31. The molecule has 4 N–H and O–H groups in total. The molecule has 1 amide bonds. The quantitative estimate of drug-likeness (QED) is 0.602. The van der Waals surface area contributed by atoms with Crippen LogP contribution in [0.15, 0.2) is 46.3 Å². The fourth-order valence-electron chi connectivity index (χ4n) is 2.22. The van der Waals surface area contributed by atoms with Crippen molar-refractivity contribution in [1.82, 2.24) is 10.3 Å². The van der Waals surface area contributed by atoms with Crippen molar-refractivity contribution in [3.8, 4) is 5.75 Å². The van der Waals surface area contributed by atoms with E-state index >= 15 is 0 Å². The van der Waals surface area contributed by atoms with Crippen molar-refractivity contribution >= 4 is 21.4 Å². The highest BCUT2D eigenvalue weighted by atomic mass is 32.2. The molecule has 0 saturated carbocycles. The van der Waals surface area contributed by atoms with E-state index in [9.17, 15) is 26.4 Å². The third-order valence-corrected chi connectivity index (χ3v) is 5.32. The first-order chi connectivity index (χ1) is 13.4. The topological polar surface area (TPSA) is 132 Å². The molecule has 1 aromatic heterocycles. The lowest BCUT2D eigenvalue weighted by Crippen LogP contribution is -2.32. The minimum Gasteiger partial charge on any atom is -0.406 e. The highest BCUT2D eigenvalue weighted by Crippen LogP contribution is 2.27. The number of amides is 1. The number of anilines is 1. The Labute approximate surface area is 164 Å². The number of nitrogens with one attached hydrogen (secondary N) is 1. The number of hydrogen-bond acceptors (Lipinski definition) is 7. The number of aliphatic hydroxyl groups excluding tert-OH is 1. The molecule has 29 heavy (non-hydrogen) atoms. The van der Waals surface area contributed by atoms with Gasteiger partial charge in [0.2, 0.25) is 15.7 Å². The molecule has 1 aromatic carbocycles. The van der Waals surface area contributed by atoms with Crippen molar-refractivity contribution in [2.75, 3.05) is 12.3 Å². The Balaban J connectivity index is 2.19. The molecular weight excluding hydrogens is 415 g/mol. The van der Waals surface area contributed by atoms with Crippen LogP contribution in [0.1, 0.15) is 12.6 Å². The molecule has 0 fully saturated rings. The van der Waals surface area contributed by atoms with Gasteiger partial charge in [0, 0.05) is 12.7 Å². The summed E-state index contributed by atoms with van der Waals surface area (Å²) in [7, 11) is -4.10. The van der Waals surface area contributed by atoms with Crippen molar-refractivity contribution < 1.29 is 36.2 Å². The standard InChI is InChI=1S/C17H18F3N3O5S/c1-10(24)8-23-16(25)7-15-14(21)6-13(9-22-15)29(26,27)12-4-2-11(3-5-12)28-17(18,19)20/h2-6,9-10,24H,7-8,21H2,1H3,(H,23,25)/t10-/m0/s1. The summed E-state index contributed by atoms with van der Waals surface area (Å²) in [5, 5.41) is 11.6. The molecule has 0 saturated heterocycles. The second-order valence-corrected chi connectivity index (χ2v) is 8.01. The fourth-order valence-corrected chi connectivity index (χ4v) is 3.46. The van der Waals surface area contributed by atoms with Gasteiger partial charge in [0.1, 0.15) is 5.75 Å². The Kier molecular flexibility index (Phi) is 6.69. The van der Waals surface area contributed by atoms with Crippen molar-refractivity contribution in [2.45, 2.75) is 35.6 Å². The van der Waals surface area contributed by atoms with E-state index in [1.165, 1.54) is 6.92 Å². The SMILES string of the molecule is C[C@H](O)CNC(=O)Cc1ncc(S(=O)(=O)c2ccc(OC(F)(F)F)cc2)cc1N.